The van der Waals surface area contributed by atoms with E-state index in [1.165, 1.54) is 12.8 Å². The third-order valence-electron chi connectivity index (χ3n) is 2.84. The van der Waals surface area contributed by atoms with E-state index in [0.29, 0.717) is 12.6 Å². The maximum absolute atomic E-state index is 5.19. The molecule has 0 saturated carbocycles. The number of rotatable bonds is 10. The summed E-state index contributed by atoms with van der Waals surface area (Å²) in [6.45, 7) is 8.92. The van der Waals surface area contributed by atoms with Crippen molar-refractivity contribution in [3.05, 3.63) is 0 Å². The van der Waals surface area contributed by atoms with Gasteiger partial charge in [-0.05, 0) is 12.8 Å². The Hall–Kier alpha value is -0.560. The molecule has 0 rings (SSSR count). The van der Waals surface area contributed by atoms with E-state index in [4.69, 9.17) is 11.2 Å². The highest BCUT2D eigenvalue weighted by Gasteiger charge is 2.13. The van der Waals surface area contributed by atoms with Crippen LogP contribution < -0.4 is 5.32 Å². The third-order valence-corrected chi connectivity index (χ3v) is 2.84. The molecule has 94 valence electrons. The fourth-order valence-electron chi connectivity index (χ4n) is 1.87. The monoisotopic (exact) mass is 226 g/mol. The Labute approximate surface area is 101 Å². The van der Waals surface area contributed by atoms with Crippen molar-refractivity contribution >= 4 is 0 Å². The van der Waals surface area contributed by atoms with Crippen LogP contribution in [0.3, 0.4) is 0 Å². The SMILES string of the molecule is C#CCNCCN(CCOC)C(CC)CC. The zero-order valence-electron chi connectivity index (χ0n) is 11.0. The van der Waals surface area contributed by atoms with Crippen LogP contribution in [0.25, 0.3) is 0 Å². The van der Waals surface area contributed by atoms with Crippen molar-refractivity contribution in [2.24, 2.45) is 0 Å². The summed E-state index contributed by atoms with van der Waals surface area (Å²) in [7, 11) is 1.75. The van der Waals surface area contributed by atoms with Gasteiger partial charge >= 0.3 is 0 Å². The number of methoxy groups -OCH3 is 1. The van der Waals surface area contributed by atoms with Gasteiger partial charge in [0.2, 0.25) is 0 Å². The summed E-state index contributed by atoms with van der Waals surface area (Å²) < 4.78 is 5.14. The Kier molecular flexibility index (Phi) is 10.6. The molecule has 1 N–H and O–H groups in total. The first-order valence-electron chi connectivity index (χ1n) is 6.17. The minimum Gasteiger partial charge on any atom is -0.383 e. The zero-order chi connectivity index (χ0) is 12.2. The Balaban J connectivity index is 3.93. The second-order valence-corrected chi connectivity index (χ2v) is 3.88. The minimum atomic E-state index is 0.654. The quantitative estimate of drug-likeness (QED) is 0.449. The molecule has 0 aliphatic carbocycles. The molecule has 3 heteroatoms. The van der Waals surface area contributed by atoms with Crippen LogP contribution in [0.5, 0.6) is 0 Å². The molecule has 0 radical (unpaired) electrons. The van der Waals surface area contributed by atoms with Crippen LogP contribution in [-0.4, -0.2) is 50.8 Å². The highest BCUT2D eigenvalue weighted by atomic mass is 16.5. The molecular formula is C13H26N2O. The summed E-state index contributed by atoms with van der Waals surface area (Å²) >= 11 is 0. The van der Waals surface area contributed by atoms with Crippen LogP contribution in [0.1, 0.15) is 26.7 Å². The number of ether oxygens (including phenoxy) is 1. The maximum Gasteiger partial charge on any atom is 0.0589 e. The lowest BCUT2D eigenvalue weighted by atomic mass is 10.1. The normalized spacial score (nSPS) is 11.0. The standard InChI is InChI=1S/C13H26N2O/c1-5-8-14-9-10-15(11-12-16-4)13(6-2)7-3/h1,13-14H,6-12H2,2-4H3. The van der Waals surface area contributed by atoms with Crippen LogP contribution >= 0.6 is 0 Å². The van der Waals surface area contributed by atoms with Crippen molar-refractivity contribution in [2.45, 2.75) is 32.7 Å². The first-order valence-corrected chi connectivity index (χ1v) is 6.17. The van der Waals surface area contributed by atoms with Crippen molar-refractivity contribution in [2.75, 3.05) is 39.9 Å². The summed E-state index contributed by atoms with van der Waals surface area (Å²) in [6.07, 6.45) is 7.57. The smallest absolute Gasteiger partial charge is 0.0589 e. The van der Waals surface area contributed by atoms with Gasteiger partial charge in [0.05, 0.1) is 13.2 Å². The average molecular weight is 226 g/mol. The molecule has 16 heavy (non-hydrogen) atoms. The first-order chi connectivity index (χ1) is 7.79. The molecule has 0 aliphatic rings. The minimum absolute atomic E-state index is 0.654. The van der Waals surface area contributed by atoms with Crippen molar-refractivity contribution in [1.29, 1.82) is 0 Å². The van der Waals surface area contributed by atoms with E-state index in [-0.39, 0.29) is 0 Å². The van der Waals surface area contributed by atoms with Crippen molar-refractivity contribution in [3.8, 4) is 12.3 Å². The molecule has 0 aliphatic heterocycles. The van der Waals surface area contributed by atoms with Crippen molar-refractivity contribution < 1.29 is 4.74 Å². The molecule has 3 nitrogen and oxygen atoms in total. The Bertz CT molecular complexity index is 185. The summed E-state index contributed by atoms with van der Waals surface area (Å²) in [5.74, 6) is 2.59. The fraction of sp³-hybridized carbons (Fsp3) is 0.846. The Morgan fingerprint density at radius 2 is 2.00 bits per heavy atom. The van der Waals surface area contributed by atoms with Gasteiger partial charge in [-0.15, -0.1) is 6.42 Å². The van der Waals surface area contributed by atoms with E-state index < -0.39 is 0 Å². The van der Waals surface area contributed by atoms with Gasteiger partial charge in [0, 0.05) is 32.8 Å². The molecule has 0 aromatic rings. The van der Waals surface area contributed by atoms with Crippen LogP contribution in [0, 0.1) is 12.3 Å². The molecule has 0 fully saturated rings. The highest BCUT2D eigenvalue weighted by Crippen LogP contribution is 2.07. The van der Waals surface area contributed by atoms with Gasteiger partial charge in [-0.25, -0.2) is 0 Å². The summed E-state index contributed by atoms with van der Waals surface area (Å²) in [5, 5.41) is 3.23. The first kappa shape index (κ1) is 15.4. The van der Waals surface area contributed by atoms with Gasteiger partial charge in [-0.2, -0.15) is 0 Å². The molecule has 0 saturated heterocycles. The van der Waals surface area contributed by atoms with E-state index in [9.17, 15) is 0 Å². The number of nitrogens with zero attached hydrogens (tertiary/aromatic N) is 1. The van der Waals surface area contributed by atoms with E-state index in [1.54, 1.807) is 7.11 Å². The van der Waals surface area contributed by atoms with Crippen molar-refractivity contribution in [3.63, 3.8) is 0 Å². The van der Waals surface area contributed by atoms with Gasteiger partial charge in [-0.3, -0.25) is 4.90 Å². The zero-order valence-corrected chi connectivity index (χ0v) is 11.0. The van der Waals surface area contributed by atoms with Gasteiger partial charge in [-0.1, -0.05) is 19.8 Å². The highest BCUT2D eigenvalue weighted by molar-refractivity contribution is 4.86. The van der Waals surface area contributed by atoms with Crippen LogP contribution in [0.15, 0.2) is 0 Å². The Morgan fingerprint density at radius 1 is 1.31 bits per heavy atom. The third kappa shape index (κ3) is 6.84. The van der Waals surface area contributed by atoms with Crippen LogP contribution in [0.4, 0.5) is 0 Å². The second kappa shape index (κ2) is 10.9. The van der Waals surface area contributed by atoms with Crippen LogP contribution in [0.2, 0.25) is 0 Å². The van der Waals surface area contributed by atoms with Gasteiger partial charge < -0.3 is 10.1 Å². The molecule has 0 spiro atoms. The number of nitrogens with one attached hydrogen (secondary N) is 1. The number of hydrogen-bond acceptors (Lipinski definition) is 3. The molecule has 0 aromatic heterocycles. The Morgan fingerprint density at radius 3 is 2.50 bits per heavy atom. The van der Waals surface area contributed by atoms with Gasteiger partial charge in [0.1, 0.15) is 0 Å². The van der Waals surface area contributed by atoms with Crippen LogP contribution in [-0.2, 0) is 4.74 Å². The molecule has 0 amide bonds. The van der Waals surface area contributed by atoms with Gasteiger partial charge in [0.15, 0.2) is 0 Å². The molecule has 0 bridgehead atoms. The molecule has 0 atom stereocenters. The van der Waals surface area contributed by atoms with E-state index in [2.05, 4.69) is 30.0 Å². The predicted molar refractivity (Wildman–Crippen MR) is 69.5 cm³/mol. The van der Waals surface area contributed by atoms with Crippen molar-refractivity contribution in [1.82, 2.24) is 10.2 Å². The molecular weight excluding hydrogens is 200 g/mol. The molecule has 0 aromatic carbocycles. The lowest BCUT2D eigenvalue weighted by Gasteiger charge is -2.30. The second-order valence-electron chi connectivity index (χ2n) is 3.88. The molecule has 0 unspecified atom stereocenters. The summed E-state index contributed by atoms with van der Waals surface area (Å²) in [6, 6.07) is 0.655. The largest absolute Gasteiger partial charge is 0.383 e. The predicted octanol–water partition coefficient (Wildman–Crippen LogP) is 1.35. The molecule has 0 heterocycles. The summed E-state index contributed by atoms with van der Waals surface area (Å²) in [4.78, 5) is 2.48. The lowest BCUT2D eigenvalue weighted by Crippen LogP contribution is -2.41. The summed E-state index contributed by atoms with van der Waals surface area (Å²) in [5.41, 5.74) is 0. The van der Waals surface area contributed by atoms with E-state index in [1.807, 2.05) is 0 Å². The maximum atomic E-state index is 5.19. The van der Waals surface area contributed by atoms with Gasteiger partial charge in [0.25, 0.3) is 0 Å². The van der Waals surface area contributed by atoms with E-state index >= 15 is 0 Å². The average Bonchev–Trinajstić information content (AvgIpc) is 2.31. The fourth-order valence-corrected chi connectivity index (χ4v) is 1.87. The topological polar surface area (TPSA) is 24.5 Å². The number of terminal acetylenes is 1. The van der Waals surface area contributed by atoms with E-state index in [0.717, 1.165) is 26.2 Å². The lowest BCUT2D eigenvalue weighted by molar-refractivity contribution is 0.116. The number of hydrogen-bond donors (Lipinski definition) is 1.